The number of rotatable bonds is 6. The first-order valence-electron chi connectivity index (χ1n) is 9.73. The van der Waals surface area contributed by atoms with Gasteiger partial charge >= 0.3 is 0 Å². The molecule has 1 aliphatic heterocycles. The number of fused-ring (bicyclic) bond motifs is 1. The van der Waals surface area contributed by atoms with Gasteiger partial charge in [-0.05, 0) is 30.7 Å². The highest BCUT2D eigenvalue weighted by Gasteiger charge is 2.28. The van der Waals surface area contributed by atoms with Gasteiger partial charge in [-0.15, -0.1) is 0 Å². The molecule has 1 fully saturated rings. The lowest BCUT2D eigenvalue weighted by Gasteiger charge is -2.16. The Kier molecular flexibility index (Phi) is 5.99. The van der Waals surface area contributed by atoms with Crippen molar-refractivity contribution in [2.75, 3.05) is 27.1 Å². The topological polar surface area (TPSA) is 86.8 Å². The standard InChI is InChI=1S/C23H22N2O5S/c1-28-19-10-13(11-20(29-2)21(19)30-3)18-12-15(14-6-4-5-7-16(14)24-18)22(26)25-17-8-9-31-23(17)27/h4-7,10-12,17H,8-9H2,1-3H3,(H,25,26). The van der Waals surface area contributed by atoms with Crippen molar-refractivity contribution in [2.45, 2.75) is 12.5 Å². The van der Waals surface area contributed by atoms with E-state index in [1.54, 1.807) is 39.5 Å². The molecular weight excluding hydrogens is 416 g/mol. The largest absolute Gasteiger partial charge is 0.493 e. The Bertz CT molecular complexity index is 1140. The van der Waals surface area contributed by atoms with Gasteiger partial charge in [0.05, 0.1) is 44.1 Å². The summed E-state index contributed by atoms with van der Waals surface area (Å²) in [6, 6.07) is 12.3. The molecular formula is C23H22N2O5S. The highest BCUT2D eigenvalue weighted by atomic mass is 32.2. The Hall–Kier alpha value is -3.26. The third-order valence-electron chi connectivity index (χ3n) is 5.16. The van der Waals surface area contributed by atoms with E-state index in [9.17, 15) is 9.59 Å². The van der Waals surface area contributed by atoms with Crippen molar-refractivity contribution in [2.24, 2.45) is 0 Å². The second-order valence-corrected chi connectivity index (χ2v) is 8.07. The van der Waals surface area contributed by atoms with Crippen LogP contribution in [0.1, 0.15) is 16.8 Å². The van der Waals surface area contributed by atoms with Crippen molar-refractivity contribution < 1.29 is 23.8 Å². The van der Waals surface area contributed by atoms with Crippen LogP contribution in [0.3, 0.4) is 0 Å². The fourth-order valence-corrected chi connectivity index (χ4v) is 4.54. The van der Waals surface area contributed by atoms with E-state index in [2.05, 4.69) is 5.32 Å². The third kappa shape index (κ3) is 4.03. The quantitative estimate of drug-likeness (QED) is 0.628. The van der Waals surface area contributed by atoms with E-state index < -0.39 is 6.04 Å². The smallest absolute Gasteiger partial charge is 0.252 e. The Morgan fingerprint density at radius 1 is 1.06 bits per heavy atom. The maximum Gasteiger partial charge on any atom is 0.252 e. The Morgan fingerprint density at radius 2 is 1.77 bits per heavy atom. The van der Waals surface area contributed by atoms with Crippen molar-refractivity contribution in [1.29, 1.82) is 0 Å². The van der Waals surface area contributed by atoms with Gasteiger partial charge in [0.2, 0.25) is 10.9 Å². The summed E-state index contributed by atoms with van der Waals surface area (Å²) in [5.41, 5.74) is 2.42. The van der Waals surface area contributed by atoms with Crippen molar-refractivity contribution in [3.05, 3.63) is 48.0 Å². The Balaban J connectivity index is 1.83. The van der Waals surface area contributed by atoms with Crippen molar-refractivity contribution >= 4 is 33.7 Å². The molecule has 0 saturated carbocycles. The number of nitrogens with one attached hydrogen (secondary N) is 1. The summed E-state index contributed by atoms with van der Waals surface area (Å²) in [5.74, 6) is 1.88. The molecule has 31 heavy (non-hydrogen) atoms. The average molecular weight is 439 g/mol. The second kappa shape index (κ2) is 8.85. The van der Waals surface area contributed by atoms with Gasteiger partial charge in [0.15, 0.2) is 11.5 Å². The van der Waals surface area contributed by atoms with Crippen LogP contribution >= 0.6 is 11.8 Å². The predicted molar refractivity (Wildman–Crippen MR) is 120 cm³/mol. The van der Waals surface area contributed by atoms with Crippen LogP contribution in [0.25, 0.3) is 22.2 Å². The van der Waals surface area contributed by atoms with E-state index >= 15 is 0 Å². The highest BCUT2D eigenvalue weighted by molar-refractivity contribution is 8.14. The molecule has 0 aliphatic carbocycles. The summed E-state index contributed by atoms with van der Waals surface area (Å²) in [6.07, 6.45) is 0.637. The van der Waals surface area contributed by atoms with Crippen LogP contribution in [0, 0.1) is 0 Å². The zero-order valence-electron chi connectivity index (χ0n) is 17.4. The van der Waals surface area contributed by atoms with Crippen molar-refractivity contribution in [3.8, 4) is 28.5 Å². The number of para-hydroxylation sites is 1. The summed E-state index contributed by atoms with van der Waals surface area (Å²) >= 11 is 1.25. The minimum Gasteiger partial charge on any atom is -0.493 e. The van der Waals surface area contributed by atoms with E-state index in [0.717, 1.165) is 5.75 Å². The van der Waals surface area contributed by atoms with Gasteiger partial charge in [-0.1, -0.05) is 30.0 Å². The Labute approximate surface area is 184 Å². The van der Waals surface area contributed by atoms with Crippen molar-refractivity contribution in [3.63, 3.8) is 0 Å². The zero-order valence-corrected chi connectivity index (χ0v) is 18.2. The van der Waals surface area contributed by atoms with E-state index in [4.69, 9.17) is 19.2 Å². The SMILES string of the molecule is COc1cc(-c2cc(C(=O)NC3CCSC3=O)c3ccccc3n2)cc(OC)c1OC. The summed E-state index contributed by atoms with van der Waals surface area (Å²) in [6.45, 7) is 0. The summed E-state index contributed by atoms with van der Waals surface area (Å²) in [5, 5.41) is 3.59. The van der Waals surface area contributed by atoms with E-state index in [0.29, 0.717) is 51.4 Å². The zero-order chi connectivity index (χ0) is 22.0. The second-order valence-electron chi connectivity index (χ2n) is 6.97. The van der Waals surface area contributed by atoms with Crippen LogP contribution in [0.4, 0.5) is 0 Å². The predicted octanol–water partition coefficient (Wildman–Crippen LogP) is 3.69. The van der Waals surface area contributed by atoms with Crippen LogP contribution in [0.15, 0.2) is 42.5 Å². The lowest BCUT2D eigenvalue weighted by Crippen LogP contribution is -2.37. The third-order valence-corrected chi connectivity index (χ3v) is 6.17. The van der Waals surface area contributed by atoms with Gasteiger partial charge in [0, 0.05) is 16.7 Å². The first-order valence-corrected chi connectivity index (χ1v) is 10.7. The minimum absolute atomic E-state index is 0.00318. The molecule has 1 aliphatic rings. The number of carbonyl (C=O) groups excluding carboxylic acids is 2. The number of hydrogen-bond donors (Lipinski definition) is 1. The lowest BCUT2D eigenvalue weighted by molar-refractivity contribution is -0.112. The number of carbonyl (C=O) groups is 2. The van der Waals surface area contributed by atoms with Gasteiger partial charge in [-0.2, -0.15) is 0 Å². The molecule has 3 aromatic rings. The molecule has 0 spiro atoms. The highest BCUT2D eigenvalue weighted by Crippen LogP contribution is 2.41. The molecule has 1 unspecified atom stereocenters. The summed E-state index contributed by atoms with van der Waals surface area (Å²) < 4.78 is 16.3. The number of hydrogen-bond acceptors (Lipinski definition) is 7. The number of methoxy groups -OCH3 is 3. The molecule has 2 aromatic carbocycles. The molecule has 4 rings (SSSR count). The lowest BCUT2D eigenvalue weighted by atomic mass is 10.0. The van der Waals surface area contributed by atoms with Crippen LogP contribution in [-0.4, -0.2) is 49.1 Å². The van der Waals surface area contributed by atoms with Gasteiger partial charge in [-0.3, -0.25) is 9.59 Å². The van der Waals surface area contributed by atoms with Crippen LogP contribution in [0.2, 0.25) is 0 Å². The van der Waals surface area contributed by atoms with Crippen LogP contribution in [-0.2, 0) is 4.79 Å². The molecule has 2 heterocycles. The number of benzene rings is 2. The number of aromatic nitrogens is 1. The normalized spacial score (nSPS) is 15.7. The first-order chi connectivity index (χ1) is 15.0. The molecule has 0 bridgehead atoms. The molecule has 8 heteroatoms. The molecule has 160 valence electrons. The molecule has 1 saturated heterocycles. The van der Waals surface area contributed by atoms with Gasteiger partial charge < -0.3 is 19.5 Å². The fourth-order valence-electron chi connectivity index (χ4n) is 3.60. The monoisotopic (exact) mass is 438 g/mol. The minimum atomic E-state index is -0.464. The van der Waals surface area contributed by atoms with Crippen molar-refractivity contribution in [1.82, 2.24) is 10.3 Å². The van der Waals surface area contributed by atoms with Gasteiger partial charge in [0.25, 0.3) is 5.91 Å². The number of pyridine rings is 1. The van der Waals surface area contributed by atoms with E-state index in [1.165, 1.54) is 11.8 Å². The molecule has 1 aromatic heterocycles. The van der Waals surface area contributed by atoms with E-state index in [1.807, 2.05) is 24.3 Å². The number of amides is 1. The fraction of sp³-hybridized carbons (Fsp3) is 0.261. The Morgan fingerprint density at radius 3 is 2.39 bits per heavy atom. The first kappa shape index (κ1) is 21.0. The molecule has 1 amide bonds. The number of thioether (sulfide) groups is 1. The summed E-state index contributed by atoms with van der Waals surface area (Å²) in [7, 11) is 4.63. The van der Waals surface area contributed by atoms with E-state index in [-0.39, 0.29) is 11.0 Å². The summed E-state index contributed by atoms with van der Waals surface area (Å²) in [4.78, 5) is 29.9. The maximum absolute atomic E-state index is 13.1. The molecule has 0 radical (unpaired) electrons. The van der Waals surface area contributed by atoms with Crippen LogP contribution in [0.5, 0.6) is 17.2 Å². The molecule has 1 N–H and O–H groups in total. The number of ether oxygens (including phenoxy) is 3. The average Bonchev–Trinajstić information content (AvgIpc) is 3.21. The van der Waals surface area contributed by atoms with Crippen LogP contribution < -0.4 is 19.5 Å². The number of nitrogens with zero attached hydrogens (tertiary/aromatic N) is 1. The molecule has 1 atom stereocenters. The molecule has 7 nitrogen and oxygen atoms in total. The van der Waals surface area contributed by atoms with Gasteiger partial charge in [-0.25, -0.2) is 4.98 Å². The van der Waals surface area contributed by atoms with Gasteiger partial charge in [0.1, 0.15) is 0 Å². The maximum atomic E-state index is 13.1.